The summed E-state index contributed by atoms with van der Waals surface area (Å²) in [5, 5.41) is 5.69. The fraction of sp³-hybridized carbons (Fsp3) is 0.308. The zero-order chi connectivity index (χ0) is 23.5. The van der Waals surface area contributed by atoms with Crippen molar-refractivity contribution in [3.05, 3.63) is 84.0 Å². The summed E-state index contributed by atoms with van der Waals surface area (Å²) >= 11 is 0. The third kappa shape index (κ3) is 5.96. The summed E-state index contributed by atoms with van der Waals surface area (Å²) in [5.41, 5.74) is 3.99. The van der Waals surface area contributed by atoms with Crippen LogP contribution in [0, 0.1) is 0 Å². The van der Waals surface area contributed by atoms with Gasteiger partial charge in [-0.2, -0.15) is 0 Å². The van der Waals surface area contributed by atoms with Crippen LogP contribution in [0.15, 0.2) is 72.8 Å². The molecule has 0 spiro atoms. The molecule has 7 nitrogen and oxygen atoms in total. The highest BCUT2D eigenvalue weighted by Crippen LogP contribution is 2.41. The number of hydrogen-bond acceptors (Lipinski definition) is 5. The van der Waals surface area contributed by atoms with E-state index in [2.05, 4.69) is 23.8 Å². The summed E-state index contributed by atoms with van der Waals surface area (Å²) in [7, 11) is 0. The number of carbonyl (C=O) groups excluding carboxylic acids is 2. The van der Waals surface area contributed by atoms with Gasteiger partial charge in [0.1, 0.15) is 24.4 Å². The summed E-state index contributed by atoms with van der Waals surface area (Å²) in [6.07, 6.45) is -0.835. The van der Waals surface area contributed by atoms with Crippen LogP contribution in [-0.4, -0.2) is 37.2 Å². The number of carbonyl (C=O) groups is 2. The molecule has 4 atom stereocenters. The van der Waals surface area contributed by atoms with E-state index in [0.29, 0.717) is 35.7 Å². The Hall–Kier alpha value is -3.26. The summed E-state index contributed by atoms with van der Waals surface area (Å²) < 4.78 is 17.8. The van der Waals surface area contributed by atoms with Crippen LogP contribution < -0.4 is 10.6 Å². The summed E-state index contributed by atoms with van der Waals surface area (Å²) in [6.45, 7) is 11.9. The molecule has 0 saturated carbocycles. The van der Waals surface area contributed by atoms with Gasteiger partial charge in [0.25, 0.3) is 11.8 Å². The van der Waals surface area contributed by atoms with Crippen LogP contribution in [-0.2, 0) is 23.8 Å². The fourth-order valence-corrected chi connectivity index (χ4v) is 3.44. The van der Waals surface area contributed by atoms with Crippen LogP contribution >= 0.6 is 0 Å². The molecule has 2 aliphatic heterocycles. The fourth-order valence-electron chi connectivity index (χ4n) is 3.44. The lowest BCUT2D eigenvalue weighted by Gasteiger charge is -2.24. The van der Waals surface area contributed by atoms with E-state index >= 15 is 0 Å². The first kappa shape index (κ1) is 22.9. The topological polar surface area (TPSA) is 92.5 Å². The molecule has 0 bridgehead atoms. The molecule has 2 N–H and O–H groups in total. The predicted octanol–water partition coefficient (Wildman–Crippen LogP) is 4.31. The molecule has 172 valence electrons. The van der Waals surface area contributed by atoms with Crippen LogP contribution in [0.3, 0.4) is 0 Å². The van der Waals surface area contributed by atoms with Crippen molar-refractivity contribution in [1.29, 1.82) is 0 Å². The first-order valence-electron chi connectivity index (χ1n) is 10.8. The normalized spacial score (nSPS) is 20.3. The monoisotopic (exact) mass is 448 g/mol. The summed E-state index contributed by atoms with van der Waals surface area (Å²) in [6, 6.07) is 15.1. The highest BCUT2D eigenvalue weighted by Gasteiger charge is 2.42. The highest BCUT2D eigenvalue weighted by molar-refractivity contribution is 6.03. The largest absolute Gasteiger partial charge is 0.370 e. The quantitative estimate of drug-likeness (QED) is 0.417. The van der Waals surface area contributed by atoms with Crippen molar-refractivity contribution in [2.75, 3.05) is 23.8 Å². The third-order valence-electron chi connectivity index (χ3n) is 5.41. The lowest BCUT2D eigenvalue weighted by Crippen LogP contribution is -2.20. The van der Waals surface area contributed by atoms with Crippen molar-refractivity contribution in [3.63, 3.8) is 0 Å². The van der Waals surface area contributed by atoms with Gasteiger partial charge in [-0.05, 0) is 49.2 Å². The lowest BCUT2D eigenvalue weighted by molar-refractivity contribution is -0.113. The molecule has 2 saturated heterocycles. The minimum atomic E-state index is -0.338. The molecule has 2 amide bonds. The Bertz CT molecular complexity index is 1000. The Kier molecular flexibility index (Phi) is 6.74. The van der Waals surface area contributed by atoms with E-state index in [1.54, 1.807) is 13.8 Å². The SMILES string of the molecule is C=C(C)C(=O)Nc1cccc(C(OC(c2cccc(NC(=O)C(=C)C)c2)C2CO2)C2CO2)c1. The van der Waals surface area contributed by atoms with Crippen LogP contribution in [0.1, 0.15) is 37.2 Å². The number of hydrogen-bond donors (Lipinski definition) is 2. The van der Waals surface area contributed by atoms with Gasteiger partial charge in [-0.1, -0.05) is 37.4 Å². The Morgan fingerprint density at radius 1 is 0.848 bits per heavy atom. The lowest BCUT2D eigenvalue weighted by atomic mass is 10.0. The molecule has 0 aliphatic carbocycles. The number of nitrogens with one attached hydrogen (secondary N) is 2. The second-order valence-corrected chi connectivity index (χ2v) is 8.44. The molecule has 0 aromatic heterocycles. The molecule has 0 radical (unpaired) electrons. The average molecular weight is 449 g/mol. The Morgan fingerprint density at radius 3 is 1.58 bits per heavy atom. The minimum absolute atomic E-state index is 0.0790. The Labute approximate surface area is 193 Å². The predicted molar refractivity (Wildman–Crippen MR) is 126 cm³/mol. The zero-order valence-corrected chi connectivity index (χ0v) is 18.8. The van der Waals surface area contributed by atoms with Crippen LogP contribution in [0.25, 0.3) is 0 Å². The van der Waals surface area contributed by atoms with Gasteiger partial charge < -0.3 is 24.8 Å². The molecular formula is C26H28N2O5. The Morgan fingerprint density at radius 2 is 1.24 bits per heavy atom. The standard InChI is InChI=1S/C26H28N2O5/c1-15(2)25(29)27-19-9-5-7-17(11-19)23(21-13-31-21)33-24(22-14-32-22)18-8-6-10-20(12-18)28-26(30)16(3)4/h5-12,21-24H,1,3,13-14H2,2,4H3,(H,27,29)(H,28,30). The van der Waals surface area contributed by atoms with Gasteiger partial charge in [-0.15, -0.1) is 0 Å². The van der Waals surface area contributed by atoms with E-state index in [1.807, 2.05) is 48.5 Å². The molecule has 2 aliphatic rings. The molecule has 33 heavy (non-hydrogen) atoms. The van der Waals surface area contributed by atoms with Crippen molar-refractivity contribution in [3.8, 4) is 0 Å². The van der Waals surface area contributed by atoms with Crippen LogP contribution in [0.5, 0.6) is 0 Å². The van der Waals surface area contributed by atoms with E-state index in [9.17, 15) is 9.59 Å². The van der Waals surface area contributed by atoms with Crippen LogP contribution in [0.2, 0.25) is 0 Å². The molecule has 2 heterocycles. The number of benzene rings is 2. The molecular weight excluding hydrogens is 420 g/mol. The third-order valence-corrected chi connectivity index (χ3v) is 5.41. The second-order valence-electron chi connectivity index (χ2n) is 8.44. The van der Waals surface area contributed by atoms with E-state index in [-0.39, 0.29) is 36.2 Å². The second kappa shape index (κ2) is 9.70. The maximum absolute atomic E-state index is 12.0. The maximum atomic E-state index is 12.0. The number of ether oxygens (including phenoxy) is 3. The first-order chi connectivity index (χ1) is 15.8. The van der Waals surface area contributed by atoms with Crippen molar-refractivity contribution >= 4 is 23.2 Å². The van der Waals surface area contributed by atoms with E-state index in [4.69, 9.17) is 14.2 Å². The maximum Gasteiger partial charge on any atom is 0.250 e. The van der Waals surface area contributed by atoms with Crippen molar-refractivity contribution in [1.82, 2.24) is 0 Å². The molecule has 4 unspecified atom stereocenters. The first-order valence-corrected chi connectivity index (χ1v) is 10.8. The van der Waals surface area contributed by atoms with Gasteiger partial charge >= 0.3 is 0 Å². The minimum Gasteiger partial charge on any atom is -0.370 e. The van der Waals surface area contributed by atoms with Gasteiger partial charge in [-0.3, -0.25) is 9.59 Å². The highest BCUT2D eigenvalue weighted by atomic mass is 16.6. The summed E-state index contributed by atoms with van der Waals surface area (Å²) in [5.74, 6) is -0.463. The number of amides is 2. The summed E-state index contributed by atoms with van der Waals surface area (Å²) in [4.78, 5) is 24.1. The average Bonchev–Trinajstić information content (AvgIpc) is 3.68. The van der Waals surface area contributed by atoms with Crippen molar-refractivity contribution < 1.29 is 23.8 Å². The molecule has 2 aromatic rings. The molecule has 2 aromatic carbocycles. The van der Waals surface area contributed by atoms with Gasteiger partial charge in [0.05, 0.1) is 13.2 Å². The van der Waals surface area contributed by atoms with Crippen molar-refractivity contribution in [2.24, 2.45) is 0 Å². The van der Waals surface area contributed by atoms with E-state index in [0.717, 1.165) is 11.1 Å². The number of epoxide rings is 2. The number of rotatable bonds is 10. The van der Waals surface area contributed by atoms with Crippen LogP contribution in [0.4, 0.5) is 11.4 Å². The Balaban J connectivity index is 1.56. The number of anilines is 2. The van der Waals surface area contributed by atoms with Gasteiger partial charge in [0, 0.05) is 22.5 Å². The van der Waals surface area contributed by atoms with Crippen molar-refractivity contribution in [2.45, 2.75) is 38.3 Å². The molecule has 7 heteroatoms. The molecule has 4 rings (SSSR count). The van der Waals surface area contributed by atoms with Gasteiger partial charge in [-0.25, -0.2) is 0 Å². The smallest absolute Gasteiger partial charge is 0.250 e. The van der Waals surface area contributed by atoms with Gasteiger partial charge in [0.2, 0.25) is 0 Å². The molecule has 2 fully saturated rings. The van der Waals surface area contributed by atoms with E-state index < -0.39 is 0 Å². The van der Waals surface area contributed by atoms with E-state index in [1.165, 1.54) is 0 Å². The zero-order valence-electron chi connectivity index (χ0n) is 18.8. The van der Waals surface area contributed by atoms with Gasteiger partial charge in [0.15, 0.2) is 0 Å².